The summed E-state index contributed by atoms with van der Waals surface area (Å²) in [5.41, 5.74) is 2.35. The van der Waals surface area contributed by atoms with E-state index in [9.17, 15) is 0 Å². The van der Waals surface area contributed by atoms with Crippen LogP contribution in [0.15, 0.2) is 64.7 Å². The number of aliphatic imine (C=N–C) groups is 1. The summed E-state index contributed by atoms with van der Waals surface area (Å²) in [4.78, 5) is 11.3. The van der Waals surface area contributed by atoms with Gasteiger partial charge in [-0.2, -0.15) is 5.10 Å². The predicted octanol–water partition coefficient (Wildman–Crippen LogP) is 2.81. The van der Waals surface area contributed by atoms with Crippen molar-refractivity contribution in [1.82, 2.24) is 30.3 Å². The molecule has 1 aliphatic rings. The lowest BCUT2D eigenvalue weighted by Gasteiger charge is -2.26. The fraction of sp³-hybridized carbons (Fsp3) is 0.435. The second-order valence-corrected chi connectivity index (χ2v) is 7.76. The molecule has 0 spiro atoms. The molecule has 1 unspecified atom stereocenters. The highest BCUT2D eigenvalue weighted by molar-refractivity contribution is 5.79. The van der Waals surface area contributed by atoms with Crippen LogP contribution in [0.1, 0.15) is 42.7 Å². The first kappa shape index (κ1) is 21.1. The number of hydrogen-bond donors (Lipinski definition) is 2. The molecule has 1 saturated heterocycles. The molecule has 3 heterocycles. The Morgan fingerprint density at radius 2 is 2.03 bits per heavy atom. The van der Waals surface area contributed by atoms with Gasteiger partial charge in [0, 0.05) is 13.1 Å². The molecule has 0 radical (unpaired) electrons. The quantitative estimate of drug-likeness (QED) is 0.408. The van der Waals surface area contributed by atoms with E-state index in [1.807, 2.05) is 10.7 Å². The van der Waals surface area contributed by atoms with Gasteiger partial charge in [0.2, 0.25) is 0 Å². The van der Waals surface area contributed by atoms with Crippen molar-refractivity contribution in [2.75, 3.05) is 26.2 Å². The van der Waals surface area contributed by atoms with Crippen molar-refractivity contribution in [2.45, 2.75) is 38.9 Å². The first-order chi connectivity index (χ1) is 15.3. The van der Waals surface area contributed by atoms with Gasteiger partial charge < -0.3 is 15.1 Å². The molecule has 1 fully saturated rings. The number of likely N-dealkylation sites (tertiary alicyclic amines) is 1. The van der Waals surface area contributed by atoms with Crippen molar-refractivity contribution < 1.29 is 4.42 Å². The third-order valence-electron chi connectivity index (χ3n) is 5.48. The number of benzene rings is 1. The molecule has 164 valence electrons. The van der Waals surface area contributed by atoms with E-state index in [2.05, 4.69) is 62.9 Å². The molecule has 3 aromatic rings. The number of hydrogen-bond acceptors (Lipinski definition) is 5. The Labute approximate surface area is 183 Å². The smallest absolute Gasteiger partial charge is 0.191 e. The molecule has 4 rings (SSSR count). The van der Waals surface area contributed by atoms with Gasteiger partial charge in [-0.05, 0) is 56.1 Å². The zero-order valence-corrected chi connectivity index (χ0v) is 18.1. The minimum absolute atomic E-state index is 0.215. The summed E-state index contributed by atoms with van der Waals surface area (Å²) in [6.07, 6.45) is 7.53. The highest BCUT2D eigenvalue weighted by Crippen LogP contribution is 2.24. The van der Waals surface area contributed by atoms with E-state index >= 15 is 0 Å². The highest BCUT2D eigenvalue weighted by atomic mass is 16.3. The van der Waals surface area contributed by atoms with Crippen LogP contribution >= 0.6 is 0 Å². The van der Waals surface area contributed by atoms with Crippen LogP contribution in [0.3, 0.4) is 0 Å². The Morgan fingerprint density at radius 1 is 1.16 bits per heavy atom. The third-order valence-corrected chi connectivity index (χ3v) is 5.48. The molecule has 2 N–H and O–H groups in total. The fourth-order valence-corrected chi connectivity index (χ4v) is 3.98. The van der Waals surface area contributed by atoms with E-state index in [0.29, 0.717) is 13.1 Å². The maximum Gasteiger partial charge on any atom is 0.191 e. The molecule has 1 atom stereocenters. The van der Waals surface area contributed by atoms with Gasteiger partial charge in [-0.1, -0.05) is 24.3 Å². The molecule has 8 heteroatoms. The maximum atomic E-state index is 5.73. The van der Waals surface area contributed by atoms with Gasteiger partial charge in [0.1, 0.15) is 18.4 Å². The van der Waals surface area contributed by atoms with Crippen LogP contribution in [0.25, 0.3) is 0 Å². The van der Waals surface area contributed by atoms with E-state index < -0.39 is 0 Å². The summed E-state index contributed by atoms with van der Waals surface area (Å²) >= 11 is 0. The monoisotopic (exact) mass is 421 g/mol. The average molecular weight is 422 g/mol. The van der Waals surface area contributed by atoms with Crippen molar-refractivity contribution in [3.8, 4) is 0 Å². The second-order valence-electron chi connectivity index (χ2n) is 7.76. The van der Waals surface area contributed by atoms with Crippen molar-refractivity contribution in [1.29, 1.82) is 0 Å². The van der Waals surface area contributed by atoms with Crippen molar-refractivity contribution >= 4 is 5.96 Å². The summed E-state index contributed by atoms with van der Waals surface area (Å²) in [5, 5.41) is 11.1. The normalized spacial score (nSPS) is 15.8. The van der Waals surface area contributed by atoms with Gasteiger partial charge in [-0.25, -0.2) is 14.7 Å². The van der Waals surface area contributed by atoms with Crippen molar-refractivity contribution in [3.05, 3.63) is 72.2 Å². The van der Waals surface area contributed by atoms with Crippen LogP contribution in [0.2, 0.25) is 0 Å². The molecule has 0 saturated carbocycles. The molecule has 2 aromatic heterocycles. The summed E-state index contributed by atoms with van der Waals surface area (Å²) in [6, 6.07) is 12.7. The number of aromatic nitrogens is 3. The largest absolute Gasteiger partial charge is 0.468 e. The number of nitrogens with one attached hydrogen (secondary N) is 2. The summed E-state index contributed by atoms with van der Waals surface area (Å²) in [5.74, 6) is 1.82. The third kappa shape index (κ3) is 5.95. The molecule has 8 nitrogen and oxygen atoms in total. The van der Waals surface area contributed by atoms with E-state index in [0.717, 1.165) is 43.5 Å². The zero-order valence-electron chi connectivity index (χ0n) is 18.1. The lowest BCUT2D eigenvalue weighted by atomic mass is 10.1. The van der Waals surface area contributed by atoms with Crippen LogP contribution in [-0.2, 0) is 13.1 Å². The first-order valence-electron chi connectivity index (χ1n) is 11.0. The van der Waals surface area contributed by atoms with E-state index in [4.69, 9.17) is 9.41 Å². The van der Waals surface area contributed by atoms with Gasteiger partial charge >= 0.3 is 0 Å². The van der Waals surface area contributed by atoms with Crippen LogP contribution in [0, 0.1) is 0 Å². The van der Waals surface area contributed by atoms with Crippen molar-refractivity contribution in [3.63, 3.8) is 0 Å². The van der Waals surface area contributed by atoms with Crippen molar-refractivity contribution in [2.24, 2.45) is 4.99 Å². The molecular formula is C23H31N7O. The van der Waals surface area contributed by atoms with Gasteiger partial charge in [0.05, 0.1) is 25.4 Å². The Kier molecular flexibility index (Phi) is 7.33. The fourth-order valence-electron chi connectivity index (χ4n) is 3.98. The molecule has 0 amide bonds. The van der Waals surface area contributed by atoms with Crippen LogP contribution in [0.4, 0.5) is 0 Å². The molecule has 0 bridgehead atoms. The van der Waals surface area contributed by atoms with Gasteiger partial charge in [-0.3, -0.25) is 4.90 Å². The Balaban J connectivity index is 1.39. The molecule has 1 aliphatic heterocycles. The van der Waals surface area contributed by atoms with Gasteiger partial charge in [0.15, 0.2) is 5.96 Å². The zero-order chi connectivity index (χ0) is 21.3. The molecule has 0 aliphatic carbocycles. The average Bonchev–Trinajstić information content (AvgIpc) is 3.56. The standard InChI is InChI=1S/C23H31N7O/c1-2-25-23(27-15-21(22-9-6-12-31-22)29-10-3-4-11-29)26-14-19-7-5-8-20(13-19)16-30-18-24-17-28-30/h5-9,12-13,17-18,21H,2-4,10-11,14-16H2,1H3,(H2,25,26,27). The van der Waals surface area contributed by atoms with Crippen LogP contribution in [0.5, 0.6) is 0 Å². The number of furan rings is 1. The maximum absolute atomic E-state index is 5.73. The van der Waals surface area contributed by atoms with Crippen LogP contribution in [-0.4, -0.2) is 51.8 Å². The van der Waals surface area contributed by atoms with Crippen LogP contribution < -0.4 is 10.6 Å². The summed E-state index contributed by atoms with van der Waals surface area (Å²) < 4.78 is 7.55. The number of guanidine groups is 1. The van der Waals surface area contributed by atoms with Gasteiger partial charge in [0.25, 0.3) is 0 Å². The SMILES string of the molecule is CCNC(=NCc1cccc(Cn2cncn2)c1)NCC(c1ccco1)N1CCCC1. The van der Waals surface area contributed by atoms with E-state index in [1.54, 1.807) is 18.9 Å². The molecule has 31 heavy (non-hydrogen) atoms. The van der Waals surface area contributed by atoms with E-state index in [-0.39, 0.29) is 6.04 Å². The number of rotatable bonds is 9. The minimum atomic E-state index is 0.215. The van der Waals surface area contributed by atoms with E-state index in [1.165, 1.54) is 18.4 Å². The first-order valence-corrected chi connectivity index (χ1v) is 11.0. The Morgan fingerprint density at radius 3 is 2.77 bits per heavy atom. The minimum Gasteiger partial charge on any atom is -0.468 e. The molecule has 1 aromatic carbocycles. The Bertz CT molecular complexity index is 931. The summed E-state index contributed by atoms with van der Waals surface area (Å²) in [7, 11) is 0. The number of nitrogens with zero attached hydrogens (tertiary/aromatic N) is 5. The highest BCUT2D eigenvalue weighted by Gasteiger charge is 2.25. The lowest BCUT2D eigenvalue weighted by molar-refractivity contribution is 0.215. The second kappa shape index (κ2) is 10.8. The predicted molar refractivity (Wildman–Crippen MR) is 121 cm³/mol. The lowest BCUT2D eigenvalue weighted by Crippen LogP contribution is -2.42. The topological polar surface area (TPSA) is 83.5 Å². The van der Waals surface area contributed by atoms with Gasteiger partial charge in [-0.15, -0.1) is 0 Å². The molecular weight excluding hydrogens is 390 g/mol. The summed E-state index contributed by atoms with van der Waals surface area (Å²) in [6.45, 7) is 7.18. The Hall–Kier alpha value is -3.13.